The van der Waals surface area contributed by atoms with Crippen LogP contribution in [-0.4, -0.2) is 26.2 Å². The van der Waals surface area contributed by atoms with Gasteiger partial charge in [0.25, 0.3) is 10.0 Å². The molecule has 0 saturated carbocycles. The summed E-state index contributed by atoms with van der Waals surface area (Å²) < 4.78 is 25.5. The minimum atomic E-state index is -3.95. The first-order valence-corrected chi connectivity index (χ1v) is 8.99. The van der Waals surface area contributed by atoms with Crippen LogP contribution in [0.1, 0.15) is 19.8 Å². The lowest BCUT2D eigenvalue weighted by molar-refractivity contribution is -0.313. The van der Waals surface area contributed by atoms with Crippen LogP contribution >= 0.6 is 0 Å². The van der Waals surface area contributed by atoms with Crippen LogP contribution in [0.2, 0.25) is 0 Å². The summed E-state index contributed by atoms with van der Waals surface area (Å²) in [6.45, 7) is 1.08. The number of hydrogen-bond acceptors (Lipinski definition) is 6. The Balaban J connectivity index is 2.10. The Bertz CT molecular complexity index is 814. The molecule has 0 heterocycles. The zero-order valence-electron chi connectivity index (χ0n) is 13.4. The lowest BCUT2D eigenvalue weighted by Gasteiger charge is -2.28. The second kappa shape index (κ2) is 7.47. The molecule has 1 aromatic rings. The molecule has 1 aromatic carbocycles. The maximum absolute atomic E-state index is 12.3. The predicted molar refractivity (Wildman–Crippen MR) is 86.4 cm³/mol. The van der Waals surface area contributed by atoms with E-state index in [9.17, 15) is 27.9 Å². The second-order valence-corrected chi connectivity index (χ2v) is 7.33. The molecule has 25 heavy (non-hydrogen) atoms. The van der Waals surface area contributed by atoms with Crippen molar-refractivity contribution in [2.45, 2.75) is 24.7 Å². The van der Waals surface area contributed by atoms with E-state index in [1.54, 1.807) is 12.2 Å². The predicted octanol–water partition coefficient (Wildman–Crippen LogP) is -0.218. The van der Waals surface area contributed by atoms with Crippen LogP contribution < -0.4 is 15.1 Å². The van der Waals surface area contributed by atoms with Crippen LogP contribution in [0.15, 0.2) is 41.3 Å². The molecule has 0 saturated heterocycles. The summed E-state index contributed by atoms with van der Waals surface area (Å²) in [5, 5.41) is 13.7. The number of sulfonamides is 1. The van der Waals surface area contributed by atoms with Gasteiger partial charge in [-0.25, -0.2) is 13.1 Å². The van der Waals surface area contributed by atoms with Gasteiger partial charge >= 0.3 is 0 Å². The number of benzene rings is 1. The van der Waals surface area contributed by atoms with Gasteiger partial charge in [0.05, 0.1) is 10.8 Å². The van der Waals surface area contributed by atoms with Crippen molar-refractivity contribution in [2.24, 2.45) is 11.8 Å². The molecule has 134 valence electrons. The van der Waals surface area contributed by atoms with Crippen molar-refractivity contribution < 1.29 is 27.9 Å². The largest absolute Gasteiger partial charge is 0.550 e. The minimum absolute atomic E-state index is 0.131. The van der Waals surface area contributed by atoms with E-state index in [1.807, 2.05) is 4.72 Å². The molecule has 0 unspecified atom stereocenters. The zero-order chi connectivity index (χ0) is 18.6. The number of carbonyl (C=O) groups is 3. The standard InChI is InChI=1S/C16H18N2O6S/c1-10(19)18-25(23,24)12-8-6-11(7-9-12)17-15(20)13-4-2-3-5-14(13)16(21)22/h2-3,6-9,13-14H,4-5H2,1H3,(H,17,20)(H,18,19)(H,21,22)/p-1/t13-,14-/m0/s1. The van der Waals surface area contributed by atoms with Gasteiger partial charge in [-0.15, -0.1) is 0 Å². The molecular weight excluding hydrogens is 348 g/mol. The van der Waals surface area contributed by atoms with Crippen LogP contribution in [0.25, 0.3) is 0 Å². The van der Waals surface area contributed by atoms with Crippen LogP contribution in [0, 0.1) is 11.8 Å². The van der Waals surface area contributed by atoms with E-state index < -0.39 is 39.6 Å². The summed E-state index contributed by atoms with van der Waals surface area (Å²) in [6, 6.07) is 5.19. The normalized spacial score (nSPS) is 19.9. The van der Waals surface area contributed by atoms with Gasteiger partial charge < -0.3 is 15.2 Å². The fraction of sp³-hybridized carbons (Fsp3) is 0.312. The number of nitrogens with one attached hydrogen (secondary N) is 2. The number of carboxylic acids is 1. The highest BCUT2D eigenvalue weighted by atomic mass is 32.2. The van der Waals surface area contributed by atoms with Crippen molar-refractivity contribution in [3.8, 4) is 0 Å². The van der Waals surface area contributed by atoms with Crippen molar-refractivity contribution in [3.63, 3.8) is 0 Å². The van der Waals surface area contributed by atoms with Crippen LogP contribution in [0.5, 0.6) is 0 Å². The Hall–Kier alpha value is -2.68. The highest BCUT2D eigenvalue weighted by Gasteiger charge is 2.29. The number of carboxylic acid groups (broad SMARTS) is 1. The second-order valence-electron chi connectivity index (χ2n) is 5.65. The molecule has 0 aliphatic heterocycles. The van der Waals surface area contributed by atoms with Gasteiger partial charge in [-0.2, -0.15) is 0 Å². The van der Waals surface area contributed by atoms with Crippen molar-refractivity contribution in [1.82, 2.24) is 4.72 Å². The Morgan fingerprint density at radius 3 is 2.12 bits per heavy atom. The Kier molecular flexibility index (Phi) is 5.58. The minimum Gasteiger partial charge on any atom is -0.550 e. The van der Waals surface area contributed by atoms with Gasteiger partial charge in [0.1, 0.15) is 0 Å². The van der Waals surface area contributed by atoms with E-state index in [2.05, 4.69) is 5.32 Å². The van der Waals surface area contributed by atoms with Crippen molar-refractivity contribution in [1.29, 1.82) is 0 Å². The average Bonchev–Trinajstić information content (AvgIpc) is 2.54. The highest BCUT2D eigenvalue weighted by molar-refractivity contribution is 7.90. The average molecular weight is 365 g/mol. The Morgan fingerprint density at radius 1 is 1.04 bits per heavy atom. The number of anilines is 1. The summed E-state index contributed by atoms with van der Waals surface area (Å²) in [6.07, 6.45) is 3.96. The molecule has 0 bridgehead atoms. The van der Waals surface area contributed by atoms with Gasteiger partial charge in [-0.3, -0.25) is 9.59 Å². The van der Waals surface area contributed by atoms with Crippen LogP contribution in [0.3, 0.4) is 0 Å². The van der Waals surface area contributed by atoms with Gasteiger partial charge in [-0.05, 0) is 37.1 Å². The molecule has 2 amide bonds. The first-order valence-electron chi connectivity index (χ1n) is 7.51. The molecule has 1 aliphatic carbocycles. The van der Waals surface area contributed by atoms with Crippen molar-refractivity contribution in [2.75, 3.05) is 5.32 Å². The first kappa shape index (κ1) is 18.7. The van der Waals surface area contributed by atoms with E-state index in [-0.39, 0.29) is 11.3 Å². The van der Waals surface area contributed by atoms with E-state index >= 15 is 0 Å². The lowest BCUT2D eigenvalue weighted by Crippen LogP contribution is -2.41. The number of rotatable bonds is 5. The van der Waals surface area contributed by atoms with Crippen molar-refractivity contribution in [3.05, 3.63) is 36.4 Å². The summed E-state index contributed by atoms with van der Waals surface area (Å²) in [5.74, 6) is -4.12. The van der Waals surface area contributed by atoms with E-state index in [0.29, 0.717) is 12.1 Å². The summed E-state index contributed by atoms with van der Waals surface area (Å²) >= 11 is 0. The molecule has 2 N–H and O–H groups in total. The van der Waals surface area contributed by atoms with E-state index in [0.717, 1.165) is 6.92 Å². The highest BCUT2D eigenvalue weighted by Crippen LogP contribution is 2.26. The Morgan fingerprint density at radius 2 is 1.60 bits per heavy atom. The third kappa shape index (κ3) is 4.66. The smallest absolute Gasteiger partial charge is 0.264 e. The molecule has 0 radical (unpaired) electrons. The van der Waals surface area contributed by atoms with E-state index in [4.69, 9.17) is 0 Å². The summed E-state index contributed by atoms with van der Waals surface area (Å²) in [5.41, 5.74) is 0.318. The first-order chi connectivity index (χ1) is 11.7. The summed E-state index contributed by atoms with van der Waals surface area (Å²) in [7, 11) is -3.95. The number of amides is 2. The Labute approximate surface area is 145 Å². The fourth-order valence-electron chi connectivity index (χ4n) is 2.56. The molecular formula is C16H17N2O6S-. The fourth-order valence-corrected chi connectivity index (χ4v) is 3.56. The molecule has 0 spiro atoms. The quantitative estimate of drug-likeness (QED) is 0.693. The number of carbonyl (C=O) groups excluding carboxylic acids is 3. The van der Waals surface area contributed by atoms with Gasteiger partial charge in [0, 0.05) is 24.5 Å². The molecule has 2 atom stereocenters. The third-order valence-electron chi connectivity index (χ3n) is 3.78. The number of hydrogen-bond donors (Lipinski definition) is 2. The summed E-state index contributed by atoms with van der Waals surface area (Å²) in [4.78, 5) is 34.2. The van der Waals surface area contributed by atoms with Crippen molar-refractivity contribution >= 4 is 33.5 Å². The maximum atomic E-state index is 12.3. The number of allylic oxidation sites excluding steroid dienone is 2. The number of aliphatic carboxylic acids is 1. The molecule has 8 nitrogen and oxygen atoms in total. The molecule has 1 aliphatic rings. The molecule has 2 rings (SSSR count). The molecule has 9 heteroatoms. The van der Waals surface area contributed by atoms with E-state index in [1.165, 1.54) is 24.3 Å². The lowest BCUT2D eigenvalue weighted by atomic mass is 9.82. The van der Waals surface area contributed by atoms with Gasteiger partial charge in [0.15, 0.2) is 0 Å². The SMILES string of the molecule is CC(=O)NS(=O)(=O)c1ccc(NC(=O)[C@H]2CC=CC[C@@H]2C(=O)[O-])cc1. The van der Waals surface area contributed by atoms with Gasteiger partial charge in [0.2, 0.25) is 11.8 Å². The molecule has 0 aromatic heterocycles. The monoisotopic (exact) mass is 365 g/mol. The van der Waals surface area contributed by atoms with Gasteiger partial charge in [-0.1, -0.05) is 12.2 Å². The molecule has 0 fully saturated rings. The maximum Gasteiger partial charge on any atom is 0.264 e. The van der Waals surface area contributed by atoms with Crippen LogP contribution in [0.4, 0.5) is 5.69 Å². The topological polar surface area (TPSA) is 132 Å². The third-order valence-corrected chi connectivity index (χ3v) is 5.23. The van der Waals surface area contributed by atoms with Crippen LogP contribution in [-0.2, 0) is 24.4 Å². The zero-order valence-corrected chi connectivity index (χ0v) is 14.2.